The summed E-state index contributed by atoms with van der Waals surface area (Å²) in [4.78, 5) is 15.5. The molecule has 4 nitrogen and oxygen atoms in total. The van der Waals surface area contributed by atoms with Crippen LogP contribution in [0.1, 0.15) is 47.4 Å². The first-order chi connectivity index (χ1) is 12.2. The van der Waals surface area contributed by atoms with Gasteiger partial charge in [0.2, 0.25) is 0 Å². The highest BCUT2D eigenvalue weighted by molar-refractivity contribution is 5.76. The van der Waals surface area contributed by atoms with Crippen LogP contribution in [-0.4, -0.2) is 25.0 Å². The van der Waals surface area contributed by atoms with Gasteiger partial charge in [-0.2, -0.15) is 0 Å². The maximum Gasteiger partial charge on any atom is 0.172 e. The van der Waals surface area contributed by atoms with Crippen molar-refractivity contribution in [3.05, 3.63) is 58.9 Å². The van der Waals surface area contributed by atoms with Crippen molar-refractivity contribution >= 4 is 11.9 Å². The van der Waals surface area contributed by atoms with Gasteiger partial charge < -0.3 is 9.47 Å². The fourth-order valence-electron chi connectivity index (χ4n) is 3.28. The lowest BCUT2D eigenvalue weighted by Crippen LogP contribution is -2.10. The first-order valence-corrected chi connectivity index (χ1v) is 8.63. The number of allylic oxidation sites excluding steroid dienone is 1. The third kappa shape index (κ3) is 3.90. The number of aromatic nitrogens is 1. The number of para-hydroxylation sites is 1. The lowest BCUT2D eigenvalue weighted by Gasteiger charge is -2.22. The molecule has 0 unspecified atom stereocenters. The van der Waals surface area contributed by atoms with E-state index in [-0.39, 0.29) is 0 Å². The summed E-state index contributed by atoms with van der Waals surface area (Å²) >= 11 is 0. The van der Waals surface area contributed by atoms with E-state index in [4.69, 9.17) is 9.47 Å². The molecular formula is C21H23NO3. The molecule has 1 aromatic carbocycles. The molecule has 0 N–H and O–H groups in total. The molecule has 4 heteroatoms. The summed E-state index contributed by atoms with van der Waals surface area (Å²) in [5.74, 6) is 1.43. The standard InChI is InChI=1S/C21H23NO3/c1-15-11-12-21(19(13-23)22-15)25-14-16-7-3-4-8-17(16)18-9-5-6-10-20(18)24-2/h5-6,9-13H,3-4,7-8,14H2,1-2H3. The van der Waals surface area contributed by atoms with Crippen LogP contribution in [0.25, 0.3) is 5.57 Å². The van der Waals surface area contributed by atoms with Gasteiger partial charge in [0.25, 0.3) is 0 Å². The van der Waals surface area contributed by atoms with E-state index in [1.54, 1.807) is 7.11 Å². The highest BCUT2D eigenvalue weighted by atomic mass is 16.5. The van der Waals surface area contributed by atoms with Gasteiger partial charge in [-0.3, -0.25) is 4.79 Å². The van der Waals surface area contributed by atoms with Crippen molar-refractivity contribution in [3.8, 4) is 11.5 Å². The largest absolute Gasteiger partial charge is 0.496 e. The maximum atomic E-state index is 11.2. The van der Waals surface area contributed by atoms with Gasteiger partial charge in [0.05, 0.1) is 7.11 Å². The second kappa shape index (κ2) is 7.97. The second-order valence-corrected chi connectivity index (χ2v) is 6.23. The lowest BCUT2D eigenvalue weighted by atomic mass is 9.87. The normalized spacial score (nSPS) is 14.3. The molecule has 1 heterocycles. The van der Waals surface area contributed by atoms with Crippen molar-refractivity contribution < 1.29 is 14.3 Å². The van der Waals surface area contributed by atoms with Crippen molar-refractivity contribution in [1.82, 2.24) is 4.98 Å². The number of ether oxygens (including phenoxy) is 2. The predicted molar refractivity (Wildman–Crippen MR) is 98.2 cm³/mol. The summed E-state index contributed by atoms with van der Waals surface area (Å²) in [6.07, 6.45) is 5.10. The highest BCUT2D eigenvalue weighted by Gasteiger charge is 2.18. The summed E-state index contributed by atoms with van der Waals surface area (Å²) in [6, 6.07) is 11.8. The zero-order valence-electron chi connectivity index (χ0n) is 14.7. The average Bonchev–Trinajstić information content (AvgIpc) is 2.67. The molecule has 1 aliphatic carbocycles. The summed E-state index contributed by atoms with van der Waals surface area (Å²) in [5, 5.41) is 0. The summed E-state index contributed by atoms with van der Waals surface area (Å²) < 4.78 is 11.5. The summed E-state index contributed by atoms with van der Waals surface area (Å²) in [6.45, 7) is 2.33. The van der Waals surface area contributed by atoms with Crippen molar-refractivity contribution in [2.45, 2.75) is 32.6 Å². The van der Waals surface area contributed by atoms with Crippen LogP contribution >= 0.6 is 0 Å². The molecule has 0 bridgehead atoms. The third-order valence-corrected chi connectivity index (χ3v) is 4.55. The first kappa shape index (κ1) is 17.2. The molecule has 0 atom stereocenters. The van der Waals surface area contributed by atoms with Crippen LogP contribution in [0.15, 0.2) is 42.0 Å². The Balaban J connectivity index is 1.88. The minimum atomic E-state index is 0.357. The molecule has 2 aromatic rings. The van der Waals surface area contributed by atoms with Crippen LogP contribution in [0.2, 0.25) is 0 Å². The number of pyridine rings is 1. The van der Waals surface area contributed by atoms with Crippen molar-refractivity contribution in [3.63, 3.8) is 0 Å². The van der Waals surface area contributed by atoms with Crippen LogP contribution in [0.3, 0.4) is 0 Å². The zero-order chi connectivity index (χ0) is 17.6. The number of rotatable bonds is 6. The quantitative estimate of drug-likeness (QED) is 0.722. The van der Waals surface area contributed by atoms with E-state index in [0.717, 1.165) is 42.6 Å². The molecule has 0 saturated heterocycles. The topological polar surface area (TPSA) is 48.4 Å². The fourth-order valence-corrected chi connectivity index (χ4v) is 3.28. The van der Waals surface area contributed by atoms with Gasteiger partial charge in [-0.1, -0.05) is 18.2 Å². The number of carbonyl (C=O) groups is 1. The average molecular weight is 337 g/mol. The summed E-state index contributed by atoms with van der Waals surface area (Å²) in [7, 11) is 1.70. The maximum absolute atomic E-state index is 11.2. The van der Waals surface area contributed by atoms with E-state index in [0.29, 0.717) is 18.1 Å². The first-order valence-electron chi connectivity index (χ1n) is 8.63. The minimum Gasteiger partial charge on any atom is -0.496 e. The molecule has 0 aliphatic heterocycles. The molecule has 1 aliphatic rings. The number of methoxy groups -OCH3 is 1. The van der Waals surface area contributed by atoms with Gasteiger partial charge in [0.1, 0.15) is 23.8 Å². The lowest BCUT2D eigenvalue weighted by molar-refractivity contribution is 0.111. The monoisotopic (exact) mass is 337 g/mol. The van der Waals surface area contributed by atoms with Gasteiger partial charge in [-0.05, 0) is 62.0 Å². The molecule has 0 radical (unpaired) electrons. The molecule has 0 spiro atoms. The minimum absolute atomic E-state index is 0.357. The van der Waals surface area contributed by atoms with Crippen molar-refractivity contribution in [2.75, 3.05) is 13.7 Å². The Morgan fingerprint density at radius 2 is 1.88 bits per heavy atom. The molecule has 0 amide bonds. The number of benzene rings is 1. The van der Waals surface area contributed by atoms with Gasteiger partial charge in [-0.25, -0.2) is 4.98 Å². The number of aldehydes is 1. The summed E-state index contributed by atoms with van der Waals surface area (Å²) in [5.41, 5.74) is 4.88. The van der Waals surface area contributed by atoms with E-state index >= 15 is 0 Å². The Morgan fingerprint density at radius 3 is 2.68 bits per heavy atom. The molecule has 3 rings (SSSR count). The molecule has 0 fully saturated rings. The van der Waals surface area contributed by atoms with E-state index in [2.05, 4.69) is 11.1 Å². The van der Waals surface area contributed by atoms with Crippen molar-refractivity contribution in [1.29, 1.82) is 0 Å². The van der Waals surface area contributed by atoms with E-state index in [1.807, 2.05) is 37.3 Å². The van der Waals surface area contributed by atoms with Gasteiger partial charge >= 0.3 is 0 Å². The van der Waals surface area contributed by atoms with Crippen LogP contribution in [0, 0.1) is 6.92 Å². The van der Waals surface area contributed by atoms with E-state index in [9.17, 15) is 4.79 Å². The van der Waals surface area contributed by atoms with Gasteiger partial charge in [0.15, 0.2) is 6.29 Å². The Bertz CT molecular complexity index is 795. The van der Waals surface area contributed by atoms with Crippen LogP contribution in [-0.2, 0) is 0 Å². The number of nitrogens with zero attached hydrogens (tertiary/aromatic N) is 1. The number of carbonyl (C=O) groups excluding carboxylic acids is 1. The van der Waals surface area contributed by atoms with Crippen molar-refractivity contribution in [2.24, 2.45) is 0 Å². The molecule has 25 heavy (non-hydrogen) atoms. The Labute approximate surface area is 148 Å². The van der Waals surface area contributed by atoms with E-state index < -0.39 is 0 Å². The number of hydrogen-bond donors (Lipinski definition) is 0. The SMILES string of the molecule is COc1ccccc1C1=C(COc2ccc(C)nc2C=O)CCCC1. The van der Waals surface area contributed by atoms with Crippen LogP contribution in [0.4, 0.5) is 0 Å². The Morgan fingerprint density at radius 1 is 1.08 bits per heavy atom. The van der Waals surface area contributed by atoms with Crippen LogP contribution in [0.5, 0.6) is 11.5 Å². The molecular weight excluding hydrogens is 314 g/mol. The Hall–Kier alpha value is -2.62. The predicted octanol–water partition coefficient (Wildman–Crippen LogP) is 4.62. The van der Waals surface area contributed by atoms with E-state index in [1.165, 1.54) is 17.6 Å². The highest BCUT2D eigenvalue weighted by Crippen LogP contribution is 2.37. The van der Waals surface area contributed by atoms with Gasteiger partial charge in [0, 0.05) is 11.3 Å². The Kier molecular flexibility index (Phi) is 5.49. The molecule has 130 valence electrons. The van der Waals surface area contributed by atoms with Crippen LogP contribution < -0.4 is 9.47 Å². The second-order valence-electron chi connectivity index (χ2n) is 6.23. The number of hydrogen-bond acceptors (Lipinski definition) is 4. The molecule has 0 saturated carbocycles. The fraction of sp³-hybridized carbons (Fsp3) is 0.333. The zero-order valence-corrected chi connectivity index (χ0v) is 14.7. The number of aryl methyl sites for hydroxylation is 1. The van der Waals surface area contributed by atoms with Gasteiger partial charge in [-0.15, -0.1) is 0 Å². The third-order valence-electron chi connectivity index (χ3n) is 4.55. The smallest absolute Gasteiger partial charge is 0.172 e. The molecule has 1 aromatic heterocycles.